The zero-order valence-corrected chi connectivity index (χ0v) is 12.7. The Hall–Kier alpha value is -0.570. The zero-order valence-electron chi connectivity index (χ0n) is 12.7. The Labute approximate surface area is 112 Å². The first-order valence-corrected chi connectivity index (χ1v) is 7.10. The van der Waals surface area contributed by atoms with Crippen LogP contribution in [0.2, 0.25) is 0 Å². The molecule has 3 nitrogen and oxygen atoms in total. The maximum atomic E-state index is 11.8. The lowest BCUT2D eigenvalue weighted by molar-refractivity contribution is -0.144. The summed E-state index contributed by atoms with van der Waals surface area (Å²) in [4.78, 5) is 11.8. The van der Waals surface area contributed by atoms with E-state index in [2.05, 4.69) is 39.9 Å². The van der Waals surface area contributed by atoms with Crippen molar-refractivity contribution in [3.8, 4) is 0 Å². The first-order valence-electron chi connectivity index (χ1n) is 7.10. The van der Waals surface area contributed by atoms with Gasteiger partial charge in [-0.3, -0.25) is 4.79 Å². The van der Waals surface area contributed by atoms with E-state index in [1.54, 1.807) is 0 Å². The van der Waals surface area contributed by atoms with Gasteiger partial charge in [-0.2, -0.15) is 0 Å². The van der Waals surface area contributed by atoms with E-state index >= 15 is 0 Å². The number of nitrogens with one attached hydrogen (secondary N) is 1. The van der Waals surface area contributed by atoms with Crippen LogP contribution in [0.5, 0.6) is 0 Å². The molecule has 0 aromatic carbocycles. The summed E-state index contributed by atoms with van der Waals surface area (Å²) in [6, 6.07) is 0.258. The summed E-state index contributed by atoms with van der Waals surface area (Å²) >= 11 is 0. The molecule has 2 unspecified atom stereocenters. The lowest BCUT2D eigenvalue weighted by Gasteiger charge is -2.41. The molecule has 18 heavy (non-hydrogen) atoms. The fraction of sp³-hybridized carbons (Fsp3) is 0.933. The molecule has 3 atom stereocenters. The van der Waals surface area contributed by atoms with Gasteiger partial charge in [-0.05, 0) is 36.5 Å². The number of hydrogen-bond donors (Lipinski definition) is 1. The lowest BCUT2D eigenvalue weighted by Crippen LogP contribution is -2.51. The maximum Gasteiger partial charge on any atom is 0.323 e. The van der Waals surface area contributed by atoms with Gasteiger partial charge < -0.3 is 10.1 Å². The molecule has 0 spiro atoms. The van der Waals surface area contributed by atoms with Crippen LogP contribution in [-0.4, -0.2) is 25.2 Å². The second-order valence-electron chi connectivity index (χ2n) is 6.90. The summed E-state index contributed by atoms with van der Waals surface area (Å²) in [6.07, 6.45) is 3.59. The standard InChI is InChI=1S/C15H29NO2/c1-10(2)13(14(17)18-6)16-12-7-8-15(4,5)9-11(12)3/h10-13,16H,7-9H2,1-6H3/t11?,12?,13-/m0/s1. The monoisotopic (exact) mass is 255 g/mol. The van der Waals surface area contributed by atoms with Crippen molar-refractivity contribution in [3.63, 3.8) is 0 Å². The summed E-state index contributed by atoms with van der Waals surface area (Å²) < 4.78 is 4.89. The smallest absolute Gasteiger partial charge is 0.323 e. The molecule has 1 rings (SSSR count). The number of methoxy groups -OCH3 is 1. The highest BCUT2D eigenvalue weighted by Crippen LogP contribution is 2.38. The molecule has 1 aliphatic carbocycles. The number of ether oxygens (including phenoxy) is 1. The number of carbonyl (C=O) groups excluding carboxylic acids is 1. The molecule has 0 saturated heterocycles. The predicted octanol–water partition coefficient (Wildman–Crippen LogP) is 2.99. The Kier molecular flexibility index (Phi) is 5.20. The summed E-state index contributed by atoms with van der Waals surface area (Å²) in [6.45, 7) is 11.1. The third-order valence-corrected chi connectivity index (χ3v) is 4.21. The van der Waals surface area contributed by atoms with Gasteiger partial charge in [0.05, 0.1) is 7.11 Å². The van der Waals surface area contributed by atoms with Gasteiger partial charge >= 0.3 is 5.97 Å². The minimum Gasteiger partial charge on any atom is -0.468 e. The quantitative estimate of drug-likeness (QED) is 0.785. The van der Waals surface area contributed by atoms with Gasteiger partial charge in [0.2, 0.25) is 0 Å². The Morgan fingerprint density at radius 3 is 2.44 bits per heavy atom. The molecular formula is C15H29NO2. The van der Waals surface area contributed by atoms with Gasteiger partial charge in [0.1, 0.15) is 6.04 Å². The van der Waals surface area contributed by atoms with Crippen LogP contribution in [0.1, 0.15) is 53.9 Å². The molecule has 0 radical (unpaired) electrons. The van der Waals surface area contributed by atoms with Crippen molar-refractivity contribution in [1.82, 2.24) is 5.32 Å². The van der Waals surface area contributed by atoms with Crippen LogP contribution >= 0.6 is 0 Å². The van der Waals surface area contributed by atoms with Crippen molar-refractivity contribution in [3.05, 3.63) is 0 Å². The van der Waals surface area contributed by atoms with Crippen molar-refractivity contribution in [2.24, 2.45) is 17.3 Å². The van der Waals surface area contributed by atoms with E-state index in [0.29, 0.717) is 17.4 Å². The summed E-state index contributed by atoms with van der Waals surface area (Å²) in [5, 5.41) is 3.52. The van der Waals surface area contributed by atoms with Crippen LogP contribution in [0.3, 0.4) is 0 Å². The third kappa shape index (κ3) is 3.98. The van der Waals surface area contributed by atoms with Crippen LogP contribution in [0.25, 0.3) is 0 Å². The Balaban J connectivity index is 2.63. The van der Waals surface area contributed by atoms with E-state index in [-0.39, 0.29) is 17.9 Å². The third-order valence-electron chi connectivity index (χ3n) is 4.21. The van der Waals surface area contributed by atoms with E-state index < -0.39 is 0 Å². The highest BCUT2D eigenvalue weighted by Gasteiger charge is 2.35. The number of carbonyl (C=O) groups is 1. The lowest BCUT2D eigenvalue weighted by atomic mass is 9.70. The average Bonchev–Trinajstić information content (AvgIpc) is 2.25. The Morgan fingerprint density at radius 2 is 2.00 bits per heavy atom. The SMILES string of the molecule is COC(=O)[C@@H](NC1CCC(C)(C)CC1C)C(C)C. The first-order chi connectivity index (χ1) is 8.26. The van der Waals surface area contributed by atoms with E-state index in [1.807, 2.05) is 0 Å². The van der Waals surface area contributed by atoms with Gasteiger partial charge in [0, 0.05) is 6.04 Å². The van der Waals surface area contributed by atoms with Crippen LogP contribution < -0.4 is 5.32 Å². The van der Waals surface area contributed by atoms with Gasteiger partial charge in [0.25, 0.3) is 0 Å². The van der Waals surface area contributed by atoms with Crippen LogP contribution in [0.15, 0.2) is 0 Å². The minimum atomic E-state index is -0.177. The molecule has 1 N–H and O–H groups in total. The van der Waals surface area contributed by atoms with Crippen molar-refractivity contribution in [2.45, 2.75) is 66.0 Å². The molecule has 0 aromatic rings. The van der Waals surface area contributed by atoms with Crippen molar-refractivity contribution in [2.75, 3.05) is 7.11 Å². The summed E-state index contributed by atoms with van der Waals surface area (Å²) in [7, 11) is 1.47. The van der Waals surface area contributed by atoms with E-state index in [9.17, 15) is 4.79 Å². The van der Waals surface area contributed by atoms with Gasteiger partial charge in [0.15, 0.2) is 0 Å². The molecule has 1 fully saturated rings. The van der Waals surface area contributed by atoms with Crippen LogP contribution in [0.4, 0.5) is 0 Å². The maximum absolute atomic E-state index is 11.8. The molecule has 3 heteroatoms. The molecule has 1 aliphatic rings. The molecule has 106 valence electrons. The highest BCUT2D eigenvalue weighted by atomic mass is 16.5. The van der Waals surface area contributed by atoms with Gasteiger partial charge in [-0.15, -0.1) is 0 Å². The van der Waals surface area contributed by atoms with Crippen molar-refractivity contribution >= 4 is 5.97 Å². The Morgan fingerprint density at radius 1 is 1.39 bits per heavy atom. The molecular weight excluding hydrogens is 226 g/mol. The van der Waals surface area contributed by atoms with Gasteiger partial charge in [-0.25, -0.2) is 0 Å². The number of esters is 1. The second-order valence-corrected chi connectivity index (χ2v) is 6.90. The topological polar surface area (TPSA) is 38.3 Å². The first kappa shape index (κ1) is 15.5. The second kappa shape index (κ2) is 6.05. The van der Waals surface area contributed by atoms with E-state index in [4.69, 9.17) is 4.74 Å². The Bertz CT molecular complexity index is 286. The molecule has 0 aromatic heterocycles. The van der Waals surface area contributed by atoms with Crippen molar-refractivity contribution < 1.29 is 9.53 Å². The summed E-state index contributed by atoms with van der Waals surface area (Å²) in [5.41, 5.74) is 0.441. The molecule has 0 aliphatic heterocycles. The normalized spacial score (nSPS) is 29.1. The van der Waals surface area contributed by atoms with Crippen LogP contribution in [-0.2, 0) is 9.53 Å². The zero-order chi connectivity index (χ0) is 13.9. The average molecular weight is 255 g/mol. The highest BCUT2D eigenvalue weighted by molar-refractivity contribution is 5.75. The molecule has 0 amide bonds. The van der Waals surface area contributed by atoms with Gasteiger partial charge in [-0.1, -0.05) is 34.6 Å². The molecule has 0 bridgehead atoms. The van der Waals surface area contributed by atoms with Crippen molar-refractivity contribution in [1.29, 1.82) is 0 Å². The predicted molar refractivity (Wildman–Crippen MR) is 74.4 cm³/mol. The van der Waals surface area contributed by atoms with E-state index in [1.165, 1.54) is 20.0 Å². The fourth-order valence-electron chi connectivity index (χ4n) is 3.08. The largest absolute Gasteiger partial charge is 0.468 e. The van der Waals surface area contributed by atoms with Crippen LogP contribution in [0, 0.1) is 17.3 Å². The number of rotatable bonds is 4. The summed E-state index contributed by atoms with van der Waals surface area (Å²) in [5.74, 6) is 0.737. The molecule has 1 saturated carbocycles. The minimum absolute atomic E-state index is 0.137. The number of hydrogen-bond acceptors (Lipinski definition) is 3. The van der Waals surface area contributed by atoms with E-state index in [0.717, 1.165) is 6.42 Å². The molecule has 0 heterocycles. The fourth-order valence-corrected chi connectivity index (χ4v) is 3.08.